The van der Waals surface area contributed by atoms with E-state index in [0.29, 0.717) is 13.2 Å². The maximum Gasteiger partial charge on any atom is 0.255 e. The first-order chi connectivity index (χ1) is 9.91. The number of rotatable bonds is 5. The fourth-order valence-electron chi connectivity index (χ4n) is 2.15. The summed E-state index contributed by atoms with van der Waals surface area (Å²) in [7, 11) is -2.47. The molecule has 0 unspecified atom stereocenters. The van der Waals surface area contributed by atoms with Crippen molar-refractivity contribution in [3.05, 3.63) is 23.8 Å². The van der Waals surface area contributed by atoms with Crippen LogP contribution in [0.1, 0.15) is 23.2 Å². The maximum atomic E-state index is 12.2. The van der Waals surface area contributed by atoms with Crippen molar-refractivity contribution in [1.82, 2.24) is 5.32 Å². The predicted molar refractivity (Wildman–Crippen MR) is 75.7 cm³/mol. The fourth-order valence-corrected chi connectivity index (χ4v) is 2.69. The van der Waals surface area contributed by atoms with Crippen molar-refractivity contribution in [3.63, 3.8) is 0 Å². The second-order valence-corrected chi connectivity index (χ2v) is 6.31. The SMILES string of the molecule is COc1ccc(S(N)(=O)=O)cc1C(=O)NC[C@H]1CCCO1. The Labute approximate surface area is 123 Å². The van der Waals surface area contributed by atoms with Gasteiger partial charge in [-0.1, -0.05) is 0 Å². The number of hydrogen-bond donors (Lipinski definition) is 2. The topological polar surface area (TPSA) is 108 Å². The van der Waals surface area contributed by atoms with Gasteiger partial charge in [0.25, 0.3) is 5.91 Å². The molecule has 0 spiro atoms. The molecule has 21 heavy (non-hydrogen) atoms. The average Bonchev–Trinajstić information content (AvgIpc) is 2.96. The lowest BCUT2D eigenvalue weighted by Gasteiger charge is -2.13. The van der Waals surface area contributed by atoms with E-state index in [9.17, 15) is 13.2 Å². The first-order valence-electron chi connectivity index (χ1n) is 6.52. The van der Waals surface area contributed by atoms with E-state index >= 15 is 0 Å². The third-order valence-electron chi connectivity index (χ3n) is 3.26. The van der Waals surface area contributed by atoms with Gasteiger partial charge in [0.05, 0.1) is 23.7 Å². The lowest BCUT2D eigenvalue weighted by Crippen LogP contribution is -2.32. The number of nitrogens with two attached hydrogens (primary N) is 1. The number of amides is 1. The molecule has 0 aliphatic carbocycles. The average molecular weight is 314 g/mol. The number of benzene rings is 1. The van der Waals surface area contributed by atoms with E-state index in [1.54, 1.807) is 0 Å². The minimum atomic E-state index is -3.87. The van der Waals surface area contributed by atoms with Crippen LogP contribution in [0.5, 0.6) is 5.75 Å². The van der Waals surface area contributed by atoms with E-state index in [-0.39, 0.29) is 22.3 Å². The van der Waals surface area contributed by atoms with Crippen molar-refractivity contribution in [1.29, 1.82) is 0 Å². The number of carbonyl (C=O) groups excluding carboxylic acids is 1. The Hall–Kier alpha value is -1.64. The van der Waals surface area contributed by atoms with Crippen LogP contribution in [0.15, 0.2) is 23.1 Å². The van der Waals surface area contributed by atoms with Gasteiger partial charge in [-0.05, 0) is 31.0 Å². The zero-order chi connectivity index (χ0) is 15.5. The number of carbonyl (C=O) groups is 1. The second-order valence-electron chi connectivity index (χ2n) is 4.75. The van der Waals surface area contributed by atoms with Gasteiger partial charge in [-0.3, -0.25) is 4.79 Å². The fraction of sp³-hybridized carbons (Fsp3) is 0.462. The summed E-state index contributed by atoms with van der Waals surface area (Å²) < 4.78 is 33.2. The molecule has 8 heteroatoms. The molecule has 1 aliphatic rings. The van der Waals surface area contributed by atoms with Crippen molar-refractivity contribution in [2.75, 3.05) is 20.3 Å². The van der Waals surface area contributed by atoms with Crippen molar-refractivity contribution >= 4 is 15.9 Å². The Balaban J connectivity index is 2.17. The van der Waals surface area contributed by atoms with Crippen molar-refractivity contribution in [2.45, 2.75) is 23.8 Å². The molecule has 0 aromatic heterocycles. The molecule has 0 saturated carbocycles. The highest BCUT2D eigenvalue weighted by Crippen LogP contribution is 2.22. The molecule has 1 aromatic carbocycles. The van der Waals surface area contributed by atoms with Crippen molar-refractivity contribution in [2.24, 2.45) is 5.14 Å². The summed E-state index contributed by atoms with van der Waals surface area (Å²) in [5, 5.41) is 7.79. The molecule has 0 radical (unpaired) electrons. The highest BCUT2D eigenvalue weighted by Gasteiger charge is 2.20. The molecule has 3 N–H and O–H groups in total. The monoisotopic (exact) mass is 314 g/mol. The molecular formula is C13H18N2O5S. The number of primary sulfonamides is 1. The zero-order valence-corrected chi connectivity index (χ0v) is 12.5. The van der Waals surface area contributed by atoms with Gasteiger partial charge in [0.2, 0.25) is 10.0 Å². The van der Waals surface area contributed by atoms with Crippen LogP contribution in [0.3, 0.4) is 0 Å². The van der Waals surface area contributed by atoms with Gasteiger partial charge < -0.3 is 14.8 Å². The quantitative estimate of drug-likeness (QED) is 0.810. The molecule has 1 amide bonds. The van der Waals surface area contributed by atoms with E-state index in [0.717, 1.165) is 12.8 Å². The van der Waals surface area contributed by atoms with E-state index in [2.05, 4.69) is 5.32 Å². The number of nitrogens with one attached hydrogen (secondary N) is 1. The molecule has 1 aliphatic heterocycles. The minimum absolute atomic E-state index is 0.00127. The van der Waals surface area contributed by atoms with Crippen LogP contribution in [-0.4, -0.2) is 40.7 Å². The van der Waals surface area contributed by atoms with E-state index < -0.39 is 15.9 Å². The standard InChI is InChI=1S/C13H18N2O5S/c1-19-12-5-4-10(21(14,17)18)7-11(12)13(16)15-8-9-3-2-6-20-9/h4-5,7,9H,2-3,6,8H2,1H3,(H,15,16)(H2,14,17,18)/t9-/m1/s1. The molecule has 1 atom stereocenters. The number of sulfonamides is 1. The van der Waals surface area contributed by atoms with Crippen LogP contribution in [0.2, 0.25) is 0 Å². The summed E-state index contributed by atoms with van der Waals surface area (Å²) in [6.45, 7) is 1.08. The summed E-state index contributed by atoms with van der Waals surface area (Å²) in [6, 6.07) is 3.91. The Bertz CT molecular complexity index is 623. The van der Waals surface area contributed by atoms with Crippen LogP contribution in [0, 0.1) is 0 Å². The third kappa shape index (κ3) is 3.93. The highest BCUT2D eigenvalue weighted by atomic mass is 32.2. The number of ether oxygens (including phenoxy) is 2. The van der Waals surface area contributed by atoms with Gasteiger partial charge in [-0.2, -0.15) is 0 Å². The third-order valence-corrected chi connectivity index (χ3v) is 4.17. The highest BCUT2D eigenvalue weighted by molar-refractivity contribution is 7.89. The normalized spacial score (nSPS) is 18.5. The van der Waals surface area contributed by atoms with Gasteiger partial charge in [0.15, 0.2) is 0 Å². The van der Waals surface area contributed by atoms with E-state index in [4.69, 9.17) is 14.6 Å². The molecular weight excluding hydrogens is 296 g/mol. The lowest BCUT2D eigenvalue weighted by molar-refractivity contribution is 0.0855. The van der Waals surface area contributed by atoms with E-state index in [1.807, 2.05) is 0 Å². The van der Waals surface area contributed by atoms with Crippen LogP contribution < -0.4 is 15.2 Å². The van der Waals surface area contributed by atoms with Crippen LogP contribution in [0.4, 0.5) is 0 Å². The summed E-state index contributed by atoms with van der Waals surface area (Å²) in [4.78, 5) is 12.0. The molecule has 1 saturated heterocycles. The Morgan fingerprint density at radius 2 is 2.29 bits per heavy atom. The molecule has 1 aromatic rings. The molecule has 1 fully saturated rings. The number of hydrogen-bond acceptors (Lipinski definition) is 5. The number of methoxy groups -OCH3 is 1. The zero-order valence-electron chi connectivity index (χ0n) is 11.7. The van der Waals surface area contributed by atoms with Gasteiger partial charge in [0, 0.05) is 13.2 Å². The molecule has 116 valence electrons. The van der Waals surface area contributed by atoms with E-state index in [1.165, 1.54) is 25.3 Å². The largest absolute Gasteiger partial charge is 0.496 e. The summed E-state index contributed by atoms with van der Waals surface area (Å²) in [5.41, 5.74) is 0.127. The molecule has 1 heterocycles. The Kier molecular flexibility index (Phi) is 4.81. The van der Waals surface area contributed by atoms with Gasteiger partial charge in [-0.15, -0.1) is 0 Å². The van der Waals surface area contributed by atoms with Crippen LogP contribution in [-0.2, 0) is 14.8 Å². The second kappa shape index (κ2) is 6.42. The van der Waals surface area contributed by atoms with Crippen molar-refractivity contribution < 1.29 is 22.7 Å². The lowest BCUT2D eigenvalue weighted by atomic mass is 10.1. The minimum Gasteiger partial charge on any atom is -0.496 e. The van der Waals surface area contributed by atoms with Gasteiger partial charge in [0.1, 0.15) is 5.75 Å². The van der Waals surface area contributed by atoms with Crippen LogP contribution >= 0.6 is 0 Å². The summed E-state index contributed by atoms with van der Waals surface area (Å²) in [5.74, 6) is -0.139. The Morgan fingerprint density at radius 1 is 1.52 bits per heavy atom. The predicted octanol–water partition coefficient (Wildman–Crippen LogP) is 0.251. The van der Waals surface area contributed by atoms with Crippen LogP contribution in [0.25, 0.3) is 0 Å². The maximum absolute atomic E-state index is 12.2. The Morgan fingerprint density at radius 3 is 2.86 bits per heavy atom. The first-order valence-corrected chi connectivity index (χ1v) is 8.07. The first kappa shape index (κ1) is 15.7. The van der Waals surface area contributed by atoms with Crippen molar-refractivity contribution in [3.8, 4) is 5.75 Å². The summed E-state index contributed by atoms with van der Waals surface area (Å²) in [6.07, 6.45) is 1.88. The molecule has 7 nitrogen and oxygen atoms in total. The smallest absolute Gasteiger partial charge is 0.255 e. The molecule has 0 bridgehead atoms. The molecule has 2 rings (SSSR count). The van der Waals surface area contributed by atoms with Gasteiger partial charge >= 0.3 is 0 Å². The van der Waals surface area contributed by atoms with Gasteiger partial charge in [-0.25, -0.2) is 13.6 Å². The summed E-state index contributed by atoms with van der Waals surface area (Å²) >= 11 is 0.